The first-order valence-corrected chi connectivity index (χ1v) is 6.51. The van der Waals surface area contributed by atoms with Crippen LogP contribution in [0.1, 0.15) is 32.6 Å². The van der Waals surface area contributed by atoms with Crippen LogP contribution < -0.4 is 0 Å². The molecule has 0 spiro atoms. The molecular formula is C6H25B4LiO12. The number of rotatable bonds is 4. The molecule has 0 aliphatic rings. The summed E-state index contributed by atoms with van der Waals surface area (Å²) in [5.41, 5.74) is 0. The predicted molar refractivity (Wildman–Crippen MR) is 84.3 cm³/mol. The maximum absolute atomic E-state index is 7.17. The Hall–Kier alpha value is 0.377. The average Bonchev–Trinajstić information content (AvgIpc) is 2.26. The van der Waals surface area contributed by atoms with Gasteiger partial charge in [0.15, 0.2) is 0 Å². The molecule has 0 aromatic carbocycles. The van der Waals surface area contributed by atoms with Gasteiger partial charge < -0.3 is 60.3 Å². The van der Waals surface area contributed by atoms with Gasteiger partial charge in [0.05, 0.1) is 0 Å². The Kier molecular flexibility index (Phi) is 51.0. The van der Waals surface area contributed by atoms with Crippen molar-refractivity contribution >= 4 is 47.0 Å². The van der Waals surface area contributed by atoms with Crippen LogP contribution in [0.4, 0.5) is 0 Å². The monoisotopic (exact) mass is 340 g/mol. The van der Waals surface area contributed by atoms with Crippen LogP contribution in [-0.4, -0.2) is 107 Å². The first-order chi connectivity index (χ1) is 10.3. The third-order valence-corrected chi connectivity index (χ3v) is 1.21. The molecule has 0 heterocycles. The quantitative estimate of drug-likeness (QED) is 0.169. The van der Waals surface area contributed by atoms with Gasteiger partial charge in [-0.2, -0.15) is 0 Å². The van der Waals surface area contributed by atoms with Gasteiger partial charge in [-0.05, 0) is 0 Å². The Morgan fingerprint density at radius 1 is 0.522 bits per heavy atom. The third kappa shape index (κ3) is 485. The molecule has 0 saturated carbocycles. The molecule has 0 fully saturated rings. The van der Waals surface area contributed by atoms with Crippen molar-refractivity contribution in [3.8, 4) is 0 Å². The summed E-state index contributed by atoms with van der Waals surface area (Å²) in [6.07, 6.45) is 5.65. The van der Waals surface area contributed by atoms with Gasteiger partial charge in [0, 0.05) is 0 Å². The van der Waals surface area contributed by atoms with Gasteiger partial charge >= 0.3 is 84.7 Å². The van der Waals surface area contributed by atoms with E-state index in [0.29, 0.717) is 0 Å². The molecule has 17 heteroatoms. The molecule has 0 aromatic heterocycles. The van der Waals surface area contributed by atoms with Crippen LogP contribution in [0.5, 0.6) is 0 Å². The van der Waals surface area contributed by atoms with Crippen LogP contribution in [0, 0.1) is 0 Å². The Morgan fingerprint density at radius 3 is 0.870 bits per heavy atom. The molecule has 134 valence electrons. The number of unbranched alkanes of at least 4 members (excludes halogenated alkanes) is 3. The minimum absolute atomic E-state index is 1.36. The second-order valence-corrected chi connectivity index (χ2v) is 3.45. The molecule has 0 radical (unpaired) electrons. The molecule has 0 amide bonds. The van der Waals surface area contributed by atoms with Gasteiger partial charge in [-0.15, -0.1) is 0 Å². The number of hydrogen-bond acceptors (Lipinski definition) is 12. The van der Waals surface area contributed by atoms with E-state index < -0.39 is 29.3 Å². The van der Waals surface area contributed by atoms with Gasteiger partial charge in [-0.25, -0.2) is 0 Å². The van der Waals surface area contributed by atoms with Crippen molar-refractivity contribution in [3.05, 3.63) is 0 Å². The van der Waals surface area contributed by atoms with E-state index >= 15 is 0 Å². The van der Waals surface area contributed by atoms with Crippen LogP contribution >= 0.6 is 0 Å². The van der Waals surface area contributed by atoms with Crippen molar-refractivity contribution in [2.75, 3.05) is 0 Å². The van der Waals surface area contributed by atoms with Crippen LogP contribution in [0.3, 0.4) is 0 Å². The summed E-state index contributed by atoms with van der Waals surface area (Å²) in [5.74, 6) is 0. The molecule has 0 aliphatic carbocycles. The van der Waals surface area contributed by atoms with Crippen molar-refractivity contribution in [2.45, 2.75) is 37.7 Å². The van der Waals surface area contributed by atoms with Crippen molar-refractivity contribution in [2.24, 2.45) is 0 Å². The molecule has 0 atom stereocenters. The summed E-state index contributed by atoms with van der Waals surface area (Å²) >= 11 is 2.25. The molecule has 0 saturated heterocycles. The second kappa shape index (κ2) is 33.9. The summed E-state index contributed by atoms with van der Waals surface area (Å²) in [6, 6.07) is 0. The standard InChI is InChI=1S/C6H13.4BH3O3.Li/c1-3-5-6-4-2;4*2-1(3)4;/h1,3-6H2,2H3;4*2-4H;. The first kappa shape index (κ1) is 34.7. The van der Waals surface area contributed by atoms with E-state index in [2.05, 4.69) is 24.6 Å². The Morgan fingerprint density at radius 2 is 0.739 bits per heavy atom. The number of hydrogen-bond donors (Lipinski definition) is 12. The Bertz CT molecular complexity index is 129. The summed E-state index contributed by atoms with van der Waals surface area (Å²) in [5, 5.41) is 87.4. The molecule has 0 aromatic rings. The van der Waals surface area contributed by atoms with Crippen LogP contribution in [0.15, 0.2) is 0 Å². The third-order valence-electron chi connectivity index (χ3n) is 1.21. The zero-order valence-electron chi connectivity index (χ0n) is 13.2. The van der Waals surface area contributed by atoms with Crippen molar-refractivity contribution in [3.63, 3.8) is 0 Å². The predicted octanol–water partition coefficient (Wildman–Crippen LogP) is -6.05. The van der Waals surface area contributed by atoms with Crippen LogP contribution in [-0.2, 0) is 0 Å². The van der Waals surface area contributed by atoms with E-state index in [1.54, 1.807) is 0 Å². The second-order valence-electron chi connectivity index (χ2n) is 3.45. The van der Waals surface area contributed by atoms with E-state index in [1.807, 2.05) is 0 Å². The van der Waals surface area contributed by atoms with E-state index in [0.717, 1.165) is 0 Å². The van der Waals surface area contributed by atoms with E-state index in [4.69, 9.17) is 60.3 Å². The topological polar surface area (TPSA) is 243 Å². The van der Waals surface area contributed by atoms with Crippen LogP contribution in [0.25, 0.3) is 0 Å². The van der Waals surface area contributed by atoms with Gasteiger partial charge in [-0.3, -0.25) is 0 Å². The van der Waals surface area contributed by atoms with Gasteiger partial charge in [0.1, 0.15) is 0 Å². The molecule has 23 heavy (non-hydrogen) atoms. The van der Waals surface area contributed by atoms with Crippen molar-refractivity contribution in [1.82, 2.24) is 0 Å². The first-order valence-electron chi connectivity index (χ1n) is 6.51. The summed E-state index contributed by atoms with van der Waals surface area (Å²) in [6.45, 7) is 2.25. The van der Waals surface area contributed by atoms with Gasteiger partial charge in [0.2, 0.25) is 0 Å². The zero-order chi connectivity index (χ0) is 19.8. The fourth-order valence-corrected chi connectivity index (χ4v) is 0.677. The van der Waals surface area contributed by atoms with Crippen molar-refractivity contribution < 1.29 is 60.3 Å². The van der Waals surface area contributed by atoms with Gasteiger partial charge in [0.25, 0.3) is 0 Å². The molecule has 0 unspecified atom stereocenters. The average molecular weight is 339 g/mol. The molecule has 12 nitrogen and oxygen atoms in total. The molecule has 0 aliphatic heterocycles. The summed E-state index contributed by atoms with van der Waals surface area (Å²) in [7, 11) is -8.67. The van der Waals surface area contributed by atoms with E-state index in [1.165, 1.54) is 30.8 Å². The Balaban J connectivity index is -0.0000000604. The van der Waals surface area contributed by atoms with Crippen molar-refractivity contribution in [1.29, 1.82) is 0 Å². The van der Waals surface area contributed by atoms with E-state index in [9.17, 15) is 0 Å². The fraction of sp³-hybridized carbons (Fsp3) is 1.00. The summed E-state index contributed by atoms with van der Waals surface area (Å²) in [4.78, 5) is 0. The SMILES string of the molecule is OB(O)O.OB(O)O.OB(O)O.OB(O)O.[Li][CH2]CCCCC. The summed E-state index contributed by atoms with van der Waals surface area (Å²) < 4.78 is 0. The molecule has 0 rings (SSSR count). The molecular weight excluding hydrogens is 314 g/mol. The normalized spacial score (nSPS) is 7.61. The molecule has 12 N–H and O–H groups in total. The maximum atomic E-state index is 7.17. The minimum atomic E-state index is -2.17. The fourth-order valence-electron chi connectivity index (χ4n) is 0.677. The van der Waals surface area contributed by atoms with Crippen LogP contribution in [0.2, 0.25) is 5.09 Å². The van der Waals surface area contributed by atoms with E-state index in [-0.39, 0.29) is 0 Å². The van der Waals surface area contributed by atoms with Gasteiger partial charge in [-0.1, -0.05) is 0 Å². The molecule has 0 bridgehead atoms. The zero-order valence-corrected chi connectivity index (χ0v) is 13.2. The Labute approximate surface area is 145 Å².